The van der Waals surface area contributed by atoms with Crippen LogP contribution >= 0.6 is 0 Å². The van der Waals surface area contributed by atoms with E-state index in [1.165, 1.54) is 23.0 Å². The molecule has 0 spiro atoms. The second-order valence-corrected chi connectivity index (χ2v) is 4.40. The van der Waals surface area contributed by atoms with E-state index >= 15 is 0 Å². The zero-order valence-corrected chi connectivity index (χ0v) is 11.7. The van der Waals surface area contributed by atoms with Gasteiger partial charge in [0.1, 0.15) is 0 Å². The van der Waals surface area contributed by atoms with Gasteiger partial charge in [-0.15, -0.1) is 0 Å². The molecule has 0 radical (unpaired) electrons. The molecule has 0 saturated carbocycles. The third kappa shape index (κ3) is 2.20. The van der Waals surface area contributed by atoms with E-state index in [1.807, 2.05) is 6.92 Å². The first-order valence-electron chi connectivity index (χ1n) is 6.22. The molecular weight excluding hydrogens is 258 g/mol. The molecule has 1 saturated heterocycles. The summed E-state index contributed by atoms with van der Waals surface area (Å²) >= 11 is 0. The number of benzene rings is 1. The number of methoxy groups -OCH3 is 1. The zero-order chi connectivity index (χ0) is 14.9. The third-order valence-corrected chi connectivity index (χ3v) is 3.22. The zero-order valence-electron chi connectivity index (χ0n) is 11.7. The Bertz CT molecular complexity index is 595. The Morgan fingerprint density at radius 1 is 1.45 bits per heavy atom. The highest BCUT2D eigenvalue weighted by molar-refractivity contribution is 6.15. The van der Waals surface area contributed by atoms with Crippen LogP contribution in [0.2, 0.25) is 0 Å². The van der Waals surface area contributed by atoms with E-state index in [0.29, 0.717) is 18.0 Å². The highest BCUT2D eigenvalue weighted by atomic mass is 16.5. The van der Waals surface area contributed by atoms with Gasteiger partial charge in [0.15, 0.2) is 17.3 Å². The highest BCUT2D eigenvalue weighted by Crippen LogP contribution is 2.28. The van der Waals surface area contributed by atoms with Crippen LogP contribution in [0, 0.1) is 5.41 Å². The van der Waals surface area contributed by atoms with Gasteiger partial charge in [-0.25, -0.2) is 4.79 Å². The lowest BCUT2D eigenvalue weighted by Gasteiger charge is -2.10. The van der Waals surface area contributed by atoms with Crippen LogP contribution in [0.3, 0.4) is 0 Å². The van der Waals surface area contributed by atoms with Crippen molar-refractivity contribution in [3.8, 4) is 11.5 Å². The number of hydrogen-bond donors (Lipinski definition) is 2. The number of hydrogen-bond acceptors (Lipinski definition) is 4. The number of amides is 2. The summed E-state index contributed by atoms with van der Waals surface area (Å²) in [6.07, 6.45) is 1.72. The predicted octanol–water partition coefficient (Wildman–Crippen LogP) is 2.11. The Hall–Kier alpha value is -2.50. The third-order valence-electron chi connectivity index (χ3n) is 3.22. The van der Waals surface area contributed by atoms with Crippen molar-refractivity contribution < 1.29 is 14.6 Å². The van der Waals surface area contributed by atoms with Crippen molar-refractivity contribution in [1.29, 1.82) is 5.41 Å². The Kier molecular flexibility index (Phi) is 3.65. The van der Waals surface area contributed by atoms with Crippen molar-refractivity contribution >= 4 is 17.9 Å². The summed E-state index contributed by atoms with van der Waals surface area (Å²) in [7, 11) is 3.11. The summed E-state index contributed by atoms with van der Waals surface area (Å²) in [5.74, 6) is 0.577. The van der Waals surface area contributed by atoms with E-state index in [0.717, 1.165) is 5.56 Å². The van der Waals surface area contributed by atoms with Crippen molar-refractivity contribution in [2.75, 3.05) is 20.7 Å². The van der Waals surface area contributed by atoms with Crippen LogP contribution in [-0.2, 0) is 0 Å². The lowest BCUT2D eigenvalue weighted by Crippen LogP contribution is -2.30. The summed E-state index contributed by atoms with van der Waals surface area (Å²) in [5, 5.41) is 17.6. The number of phenols is 1. The molecule has 6 nitrogen and oxygen atoms in total. The van der Waals surface area contributed by atoms with Gasteiger partial charge in [0, 0.05) is 13.6 Å². The average Bonchev–Trinajstić information content (AvgIpc) is 2.64. The standard InChI is InChI=1S/C14H17N3O3/c1-4-17-13(15)10(16(2)14(17)19)7-9-5-6-11(18)12(8-9)20-3/h5-8,15,18H,4H2,1-3H3. The molecule has 0 unspecified atom stereocenters. The van der Waals surface area contributed by atoms with Gasteiger partial charge in [0.2, 0.25) is 0 Å². The van der Waals surface area contributed by atoms with Crippen molar-refractivity contribution in [2.24, 2.45) is 0 Å². The van der Waals surface area contributed by atoms with Crippen molar-refractivity contribution in [3.63, 3.8) is 0 Å². The van der Waals surface area contributed by atoms with Crippen LogP contribution in [0.4, 0.5) is 4.79 Å². The Labute approximate surface area is 117 Å². The Morgan fingerprint density at radius 3 is 2.70 bits per heavy atom. The fourth-order valence-corrected chi connectivity index (χ4v) is 2.08. The van der Waals surface area contributed by atoms with Gasteiger partial charge >= 0.3 is 6.03 Å². The molecule has 6 heteroatoms. The monoisotopic (exact) mass is 275 g/mol. The lowest BCUT2D eigenvalue weighted by atomic mass is 10.1. The van der Waals surface area contributed by atoms with Gasteiger partial charge in [0.25, 0.3) is 0 Å². The van der Waals surface area contributed by atoms with E-state index < -0.39 is 0 Å². The minimum Gasteiger partial charge on any atom is -0.504 e. The maximum atomic E-state index is 11.9. The average molecular weight is 275 g/mol. The van der Waals surface area contributed by atoms with Gasteiger partial charge in [-0.05, 0) is 30.7 Å². The topological polar surface area (TPSA) is 76.9 Å². The smallest absolute Gasteiger partial charge is 0.330 e. The van der Waals surface area contributed by atoms with Crippen molar-refractivity contribution in [3.05, 3.63) is 29.5 Å². The summed E-state index contributed by atoms with van der Waals surface area (Å²) < 4.78 is 5.04. The molecule has 1 aliphatic heterocycles. The van der Waals surface area contributed by atoms with Crippen LogP contribution in [0.25, 0.3) is 6.08 Å². The number of rotatable bonds is 3. The van der Waals surface area contributed by atoms with E-state index in [1.54, 1.807) is 25.3 Å². The van der Waals surface area contributed by atoms with Crippen LogP contribution in [0.15, 0.2) is 23.9 Å². The van der Waals surface area contributed by atoms with E-state index in [2.05, 4.69) is 0 Å². The maximum Gasteiger partial charge on any atom is 0.330 e. The first kappa shape index (κ1) is 13.9. The van der Waals surface area contributed by atoms with Crippen LogP contribution in [0.1, 0.15) is 12.5 Å². The summed E-state index contributed by atoms with van der Waals surface area (Å²) in [5.41, 5.74) is 1.27. The molecule has 1 aromatic carbocycles. The van der Waals surface area contributed by atoms with Crippen LogP contribution in [0.5, 0.6) is 11.5 Å². The number of phenolic OH excluding ortho intramolecular Hbond substituents is 1. The van der Waals surface area contributed by atoms with E-state index in [-0.39, 0.29) is 17.6 Å². The van der Waals surface area contributed by atoms with E-state index in [9.17, 15) is 9.90 Å². The molecule has 0 aliphatic carbocycles. The van der Waals surface area contributed by atoms with Gasteiger partial charge in [-0.3, -0.25) is 15.2 Å². The fraction of sp³-hybridized carbons (Fsp3) is 0.286. The predicted molar refractivity (Wildman–Crippen MR) is 75.9 cm³/mol. The molecule has 1 fully saturated rings. The van der Waals surface area contributed by atoms with Gasteiger partial charge < -0.3 is 9.84 Å². The van der Waals surface area contributed by atoms with Crippen molar-refractivity contribution in [2.45, 2.75) is 6.92 Å². The number of carbonyl (C=O) groups excluding carboxylic acids is 1. The summed E-state index contributed by atoms with van der Waals surface area (Å²) in [4.78, 5) is 14.8. The molecule has 1 heterocycles. The van der Waals surface area contributed by atoms with Gasteiger partial charge in [0.05, 0.1) is 12.8 Å². The quantitative estimate of drug-likeness (QED) is 0.887. The first-order valence-corrected chi connectivity index (χ1v) is 6.22. The van der Waals surface area contributed by atoms with Gasteiger partial charge in [-0.2, -0.15) is 0 Å². The molecular formula is C14H17N3O3. The maximum absolute atomic E-state index is 11.9. The number of urea groups is 1. The number of aromatic hydroxyl groups is 1. The number of nitrogens with zero attached hydrogens (tertiary/aromatic N) is 2. The number of carbonyl (C=O) groups is 1. The summed E-state index contributed by atoms with van der Waals surface area (Å²) in [6.45, 7) is 2.28. The number of likely N-dealkylation sites (N-methyl/N-ethyl adjacent to an activating group) is 2. The molecule has 1 aromatic rings. The number of nitrogens with one attached hydrogen (secondary N) is 1. The minimum absolute atomic E-state index is 0.0516. The Morgan fingerprint density at radius 2 is 2.15 bits per heavy atom. The molecule has 0 aromatic heterocycles. The molecule has 2 amide bonds. The Balaban J connectivity index is 2.40. The van der Waals surface area contributed by atoms with Crippen LogP contribution < -0.4 is 4.74 Å². The second kappa shape index (κ2) is 5.24. The highest BCUT2D eigenvalue weighted by Gasteiger charge is 2.34. The minimum atomic E-state index is -0.213. The SMILES string of the molecule is CCN1C(=N)C(=Cc2ccc(O)c(OC)c2)N(C)C1=O. The molecule has 2 rings (SSSR count). The first-order chi connectivity index (χ1) is 9.49. The molecule has 106 valence electrons. The molecule has 20 heavy (non-hydrogen) atoms. The molecule has 0 atom stereocenters. The largest absolute Gasteiger partial charge is 0.504 e. The second-order valence-electron chi connectivity index (χ2n) is 4.40. The molecule has 0 bridgehead atoms. The normalized spacial score (nSPS) is 17.2. The summed E-state index contributed by atoms with van der Waals surface area (Å²) in [6, 6.07) is 4.66. The van der Waals surface area contributed by atoms with Crippen molar-refractivity contribution in [1.82, 2.24) is 9.80 Å². The fourth-order valence-electron chi connectivity index (χ4n) is 2.08. The van der Waals surface area contributed by atoms with Gasteiger partial charge in [-0.1, -0.05) is 6.07 Å². The number of amidine groups is 1. The van der Waals surface area contributed by atoms with E-state index in [4.69, 9.17) is 10.1 Å². The molecule has 1 aliphatic rings. The molecule has 2 N–H and O–H groups in total. The van der Waals surface area contributed by atoms with Crippen LogP contribution in [-0.4, -0.2) is 47.5 Å². The lowest BCUT2D eigenvalue weighted by molar-refractivity contribution is 0.209. The number of ether oxygens (including phenoxy) is 1.